The van der Waals surface area contributed by atoms with Crippen molar-refractivity contribution in [1.29, 1.82) is 0 Å². The molecule has 0 radical (unpaired) electrons. The first-order valence-electron chi connectivity index (χ1n) is 7.75. The molecule has 1 aromatic carbocycles. The summed E-state index contributed by atoms with van der Waals surface area (Å²) in [7, 11) is 0. The third kappa shape index (κ3) is 3.76. The topological polar surface area (TPSA) is 45.2 Å². The third-order valence-electron chi connectivity index (χ3n) is 4.04. The molecule has 0 unspecified atom stereocenters. The Morgan fingerprint density at radius 1 is 1.43 bits per heavy atom. The van der Waals surface area contributed by atoms with Crippen molar-refractivity contribution in [2.75, 3.05) is 18.1 Å². The summed E-state index contributed by atoms with van der Waals surface area (Å²) in [6, 6.07) is 8.20. The summed E-state index contributed by atoms with van der Waals surface area (Å²) in [6.07, 6.45) is 2.97. The van der Waals surface area contributed by atoms with E-state index in [4.69, 9.17) is 0 Å². The molecule has 0 aliphatic carbocycles. The first-order valence-corrected chi connectivity index (χ1v) is 9.79. The van der Waals surface area contributed by atoms with Crippen LogP contribution in [-0.2, 0) is 13.0 Å². The van der Waals surface area contributed by atoms with E-state index in [0.29, 0.717) is 16.7 Å². The van der Waals surface area contributed by atoms with Gasteiger partial charge in [0, 0.05) is 40.9 Å². The number of hydrogen-bond donors (Lipinski definition) is 1. The number of carbonyl (C=O) groups is 1. The number of hydrogen-bond acceptors (Lipinski definition) is 5. The third-order valence-corrected chi connectivity index (χ3v) is 5.77. The summed E-state index contributed by atoms with van der Waals surface area (Å²) in [5.41, 5.74) is 1.81. The van der Waals surface area contributed by atoms with E-state index in [9.17, 15) is 4.79 Å². The molecule has 6 heteroatoms. The largest absolute Gasteiger partial charge is 0.298 e. The molecule has 0 saturated carbocycles. The molecule has 23 heavy (non-hydrogen) atoms. The van der Waals surface area contributed by atoms with Crippen LogP contribution in [0.3, 0.4) is 0 Å². The van der Waals surface area contributed by atoms with Crippen molar-refractivity contribution in [2.24, 2.45) is 0 Å². The summed E-state index contributed by atoms with van der Waals surface area (Å²) in [4.78, 5) is 21.8. The van der Waals surface area contributed by atoms with Gasteiger partial charge in [-0.3, -0.25) is 15.0 Å². The Balaban J connectivity index is 1.73. The van der Waals surface area contributed by atoms with E-state index in [-0.39, 0.29) is 5.91 Å². The van der Waals surface area contributed by atoms with Crippen molar-refractivity contribution >= 4 is 34.1 Å². The number of aromatic nitrogens is 1. The van der Waals surface area contributed by atoms with E-state index in [2.05, 4.69) is 29.0 Å². The van der Waals surface area contributed by atoms with Gasteiger partial charge < -0.3 is 0 Å². The number of amides is 1. The second kappa shape index (κ2) is 7.03. The highest BCUT2D eigenvalue weighted by molar-refractivity contribution is 7.98. The summed E-state index contributed by atoms with van der Waals surface area (Å²) in [5, 5.41) is 3.66. The van der Waals surface area contributed by atoms with Crippen LogP contribution in [0.15, 0.2) is 29.2 Å². The number of fused-ring (bicyclic) bond motifs is 1. The fourth-order valence-electron chi connectivity index (χ4n) is 2.64. The number of carbonyl (C=O) groups excluding carboxylic acids is 1. The van der Waals surface area contributed by atoms with E-state index >= 15 is 0 Å². The maximum absolute atomic E-state index is 12.4. The monoisotopic (exact) mass is 347 g/mol. The zero-order valence-electron chi connectivity index (χ0n) is 13.6. The van der Waals surface area contributed by atoms with Gasteiger partial charge in [0.05, 0.1) is 5.69 Å². The maximum atomic E-state index is 12.4. The van der Waals surface area contributed by atoms with Crippen LogP contribution in [0.2, 0.25) is 0 Å². The molecular formula is C17H21N3OS2. The van der Waals surface area contributed by atoms with Gasteiger partial charge in [-0.15, -0.1) is 23.1 Å². The molecule has 0 saturated heterocycles. The number of benzene rings is 1. The summed E-state index contributed by atoms with van der Waals surface area (Å²) in [5.74, 6) is -0.0901. The lowest BCUT2D eigenvalue weighted by Crippen LogP contribution is -2.35. The molecule has 4 nitrogen and oxygen atoms in total. The van der Waals surface area contributed by atoms with Gasteiger partial charge in [-0.2, -0.15) is 0 Å². The molecule has 0 fully saturated rings. The second-order valence-corrected chi connectivity index (χ2v) is 7.85. The molecule has 1 amide bonds. The van der Waals surface area contributed by atoms with Gasteiger partial charge in [0.15, 0.2) is 5.13 Å². The smallest absolute Gasteiger partial charge is 0.257 e. The van der Waals surface area contributed by atoms with Crippen LogP contribution in [0.1, 0.15) is 34.8 Å². The average Bonchev–Trinajstić information content (AvgIpc) is 2.96. The van der Waals surface area contributed by atoms with Crippen LogP contribution in [0.4, 0.5) is 5.13 Å². The minimum Gasteiger partial charge on any atom is -0.298 e. The van der Waals surface area contributed by atoms with Crippen molar-refractivity contribution < 1.29 is 4.79 Å². The van der Waals surface area contributed by atoms with Crippen LogP contribution >= 0.6 is 23.1 Å². The molecule has 1 aliphatic rings. The first-order chi connectivity index (χ1) is 11.1. The van der Waals surface area contributed by atoms with Gasteiger partial charge in [-0.1, -0.05) is 6.07 Å². The number of thioether (sulfide) groups is 1. The molecule has 1 N–H and O–H groups in total. The van der Waals surface area contributed by atoms with Crippen LogP contribution in [-0.4, -0.2) is 34.6 Å². The van der Waals surface area contributed by atoms with Gasteiger partial charge in [-0.05, 0) is 38.3 Å². The predicted octanol–water partition coefficient (Wildman–Crippen LogP) is 3.88. The standard InChI is InChI=1S/C17H21N3OS2/c1-11(2)20-8-7-14-15(10-20)23-17(18-14)19-16(21)12-5-4-6-13(9-12)22-3/h4-6,9,11H,7-8,10H2,1-3H3,(H,18,19,21). The Hall–Kier alpha value is -1.37. The number of anilines is 1. The summed E-state index contributed by atoms with van der Waals surface area (Å²) < 4.78 is 0. The predicted molar refractivity (Wildman–Crippen MR) is 97.5 cm³/mol. The molecule has 0 bridgehead atoms. The minimum atomic E-state index is -0.0901. The number of nitrogens with one attached hydrogen (secondary N) is 1. The highest BCUT2D eigenvalue weighted by atomic mass is 32.2. The SMILES string of the molecule is CSc1cccc(C(=O)Nc2nc3c(s2)CN(C(C)C)CC3)c1. The van der Waals surface area contributed by atoms with Crippen molar-refractivity contribution in [2.45, 2.75) is 37.8 Å². The lowest BCUT2D eigenvalue weighted by Gasteiger charge is -2.29. The van der Waals surface area contributed by atoms with E-state index in [1.54, 1.807) is 23.1 Å². The molecule has 0 atom stereocenters. The molecule has 3 rings (SSSR count). The Bertz CT molecular complexity index is 712. The fraction of sp³-hybridized carbons (Fsp3) is 0.412. The van der Waals surface area contributed by atoms with Crippen molar-refractivity contribution in [3.8, 4) is 0 Å². The number of nitrogens with zero attached hydrogens (tertiary/aromatic N) is 2. The summed E-state index contributed by atoms with van der Waals surface area (Å²) in [6.45, 7) is 6.40. The minimum absolute atomic E-state index is 0.0901. The van der Waals surface area contributed by atoms with Crippen LogP contribution in [0.25, 0.3) is 0 Å². The highest BCUT2D eigenvalue weighted by Crippen LogP contribution is 2.29. The van der Waals surface area contributed by atoms with E-state index < -0.39 is 0 Å². The van der Waals surface area contributed by atoms with Gasteiger partial charge >= 0.3 is 0 Å². The maximum Gasteiger partial charge on any atom is 0.257 e. The zero-order chi connectivity index (χ0) is 16.4. The lowest BCUT2D eigenvalue weighted by molar-refractivity contribution is 0.102. The van der Waals surface area contributed by atoms with Gasteiger partial charge in [0.2, 0.25) is 0 Å². The Kier molecular flexibility index (Phi) is 5.04. The Morgan fingerprint density at radius 3 is 3.00 bits per heavy atom. The van der Waals surface area contributed by atoms with Gasteiger partial charge in [0.1, 0.15) is 0 Å². The number of thiazole rings is 1. The zero-order valence-corrected chi connectivity index (χ0v) is 15.3. The molecule has 1 aliphatic heterocycles. The van der Waals surface area contributed by atoms with E-state index in [1.165, 1.54) is 4.88 Å². The van der Waals surface area contributed by atoms with Crippen molar-refractivity contribution in [1.82, 2.24) is 9.88 Å². The second-order valence-electron chi connectivity index (χ2n) is 5.89. The molecule has 1 aromatic heterocycles. The van der Waals surface area contributed by atoms with Crippen LogP contribution in [0.5, 0.6) is 0 Å². The summed E-state index contributed by atoms with van der Waals surface area (Å²) >= 11 is 3.23. The fourth-order valence-corrected chi connectivity index (χ4v) is 4.13. The quantitative estimate of drug-likeness (QED) is 0.853. The average molecular weight is 348 g/mol. The normalized spacial score (nSPS) is 14.8. The van der Waals surface area contributed by atoms with E-state index in [1.807, 2.05) is 30.5 Å². The first kappa shape index (κ1) is 16.5. The molecule has 122 valence electrons. The van der Waals surface area contributed by atoms with Crippen molar-refractivity contribution in [3.63, 3.8) is 0 Å². The lowest BCUT2D eigenvalue weighted by atomic mass is 10.1. The molecule has 2 heterocycles. The van der Waals surface area contributed by atoms with Crippen LogP contribution < -0.4 is 5.32 Å². The van der Waals surface area contributed by atoms with Gasteiger partial charge in [-0.25, -0.2) is 4.98 Å². The molecule has 2 aromatic rings. The van der Waals surface area contributed by atoms with Crippen molar-refractivity contribution in [3.05, 3.63) is 40.4 Å². The van der Waals surface area contributed by atoms with Crippen LogP contribution in [0, 0.1) is 0 Å². The molecular weight excluding hydrogens is 326 g/mol. The Morgan fingerprint density at radius 2 is 2.26 bits per heavy atom. The van der Waals surface area contributed by atoms with Gasteiger partial charge in [0.25, 0.3) is 5.91 Å². The van der Waals surface area contributed by atoms with E-state index in [0.717, 1.165) is 30.1 Å². The molecule has 0 spiro atoms. The Labute approximate surface area is 145 Å². The highest BCUT2D eigenvalue weighted by Gasteiger charge is 2.22. The number of rotatable bonds is 4.